The molecule has 0 aromatic heterocycles. The zero-order chi connectivity index (χ0) is 13.4. The van der Waals surface area contributed by atoms with Gasteiger partial charge in [0, 0.05) is 0 Å². The van der Waals surface area contributed by atoms with E-state index in [1.807, 2.05) is 0 Å². The standard InChI is InChI=1S/C9H11IN2O6/c10-3-1-12(9(17)11-7(3)16)8-6(15)5(14)4(2-13)18-8/h1,4-6,8,13-15H,2H2,(H,11,16,17)/p+1/t4-,5-,6-,8-/m1/s1. The summed E-state index contributed by atoms with van der Waals surface area (Å²) in [6, 6.07) is -0.671. The number of imide groups is 1. The fourth-order valence-corrected chi connectivity index (χ4v) is 2.34. The van der Waals surface area contributed by atoms with Crippen LogP contribution in [0.2, 0.25) is 0 Å². The molecule has 1 saturated heterocycles. The van der Waals surface area contributed by atoms with E-state index < -0.39 is 43.1 Å². The maximum Gasteiger partial charge on any atom is 0.428 e. The summed E-state index contributed by atoms with van der Waals surface area (Å²) in [5.74, 6) is -0.518. The van der Waals surface area contributed by atoms with Crippen molar-refractivity contribution >= 4 is 34.5 Å². The molecule has 0 bridgehead atoms. The predicted octanol–water partition coefficient (Wildman–Crippen LogP) is -3.16. The lowest BCUT2D eigenvalue weighted by Crippen LogP contribution is -3.18. The maximum atomic E-state index is 11.6. The smallest absolute Gasteiger partial charge is 0.394 e. The first-order chi connectivity index (χ1) is 8.45. The highest BCUT2D eigenvalue weighted by molar-refractivity contribution is 14.1. The van der Waals surface area contributed by atoms with Crippen LogP contribution in [-0.2, 0) is 9.53 Å². The Labute approximate surface area is 115 Å². The van der Waals surface area contributed by atoms with Crippen molar-refractivity contribution in [3.8, 4) is 0 Å². The van der Waals surface area contributed by atoms with Gasteiger partial charge in [-0.2, -0.15) is 4.90 Å². The third kappa shape index (κ3) is 2.29. The SMILES string of the molecule is O=C1NC(=O)[NH+]([C@@H]2O[C@H](CO)[C@@H](O)[C@H]2O)C=C1I. The van der Waals surface area contributed by atoms with E-state index >= 15 is 0 Å². The fraction of sp³-hybridized carbons (Fsp3) is 0.556. The average Bonchev–Trinajstić information content (AvgIpc) is 2.61. The highest BCUT2D eigenvalue weighted by atomic mass is 127. The molecule has 100 valence electrons. The molecule has 0 aliphatic carbocycles. The molecular formula is C9H12IN2O6+. The number of urea groups is 1. The maximum absolute atomic E-state index is 11.6. The Morgan fingerprint density at radius 1 is 1.39 bits per heavy atom. The quantitative estimate of drug-likeness (QED) is 0.327. The van der Waals surface area contributed by atoms with Crippen LogP contribution in [0.3, 0.4) is 0 Å². The van der Waals surface area contributed by atoms with Crippen molar-refractivity contribution in [2.24, 2.45) is 0 Å². The molecule has 2 rings (SSSR count). The highest BCUT2D eigenvalue weighted by Gasteiger charge is 2.51. The largest absolute Gasteiger partial charge is 0.428 e. The monoisotopic (exact) mass is 371 g/mol. The number of carbonyl (C=O) groups is 2. The van der Waals surface area contributed by atoms with Gasteiger partial charge in [0.15, 0.2) is 6.10 Å². The van der Waals surface area contributed by atoms with E-state index in [0.717, 1.165) is 0 Å². The van der Waals surface area contributed by atoms with Gasteiger partial charge in [-0.05, 0) is 22.6 Å². The number of carbonyl (C=O) groups excluding carboxylic acids is 2. The average molecular weight is 371 g/mol. The molecule has 1 unspecified atom stereocenters. The summed E-state index contributed by atoms with van der Waals surface area (Å²) < 4.78 is 5.50. The van der Waals surface area contributed by atoms with E-state index in [0.29, 0.717) is 0 Å². The van der Waals surface area contributed by atoms with Crippen molar-refractivity contribution in [3.05, 3.63) is 9.78 Å². The van der Waals surface area contributed by atoms with Crippen molar-refractivity contribution in [2.45, 2.75) is 24.5 Å². The number of ether oxygens (including phenoxy) is 1. The van der Waals surface area contributed by atoms with Crippen molar-refractivity contribution in [1.82, 2.24) is 5.32 Å². The normalized spacial score (nSPS) is 40.7. The van der Waals surface area contributed by atoms with Crippen LogP contribution in [0, 0.1) is 0 Å². The molecule has 18 heavy (non-hydrogen) atoms. The summed E-state index contributed by atoms with van der Waals surface area (Å²) in [5, 5.41) is 30.4. The topological polar surface area (TPSA) is 121 Å². The van der Waals surface area contributed by atoms with Crippen LogP contribution in [0.4, 0.5) is 4.79 Å². The zero-order valence-electron chi connectivity index (χ0n) is 9.04. The summed E-state index contributed by atoms with van der Waals surface area (Å²) >= 11 is 1.75. The first kappa shape index (κ1) is 13.8. The molecule has 8 nitrogen and oxygen atoms in total. The minimum Gasteiger partial charge on any atom is -0.394 e. The molecule has 5 N–H and O–H groups in total. The van der Waals surface area contributed by atoms with E-state index in [9.17, 15) is 19.8 Å². The lowest BCUT2D eigenvalue weighted by Gasteiger charge is -2.24. The second kappa shape index (κ2) is 5.19. The summed E-state index contributed by atoms with van der Waals surface area (Å²) in [4.78, 5) is 22.9. The zero-order valence-corrected chi connectivity index (χ0v) is 11.2. The van der Waals surface area contributed by atoms with Gasteiger partial charge in [0.1, 0.15) is 22.0 Å². The van der Waals surface area contributed by atoms with Crippen molar-refractivity contribution in [1.29, 1.82) is 0 Å². The van der Waals surface area contributed by atoms with Gasteiger partial charge in [-0.1, -0.05) is 0 Å². The van der Waals surface area contributed by atoms with Gasteiger partial charge in [0.2, 0.25) is 6.23 Å². The summed E-state index contributed by atoms with van der Waals surface area (Å²) in [7, 11) is 0. The number of hydrogen-bond donors (Lipinski definition) is 5. The molecule has 1 fully saturated rings. The number of quaternary nitrogens is 1. The van der Waals surface area contributed by atoms with Gasteiger partial charge in [-0.25, -0.2) is 10.1 Å². The summed E-state index contributed by atoms with van der Waals surface area (Å²) in [6.07, 6.45) is -3.30. The third-order valence-electron chi connectivity index (χ3n) is 2.84. The number of nitrogens with one attached hydrogen (secondary N) is 2. The van der Waals surface area contributed by atoms with Crippen LogP contribution in [0.1, 0.15) is 0 Å². The molecule has 9 heteroatoms. The van der Waals surface area contributed by atoms with Gasteiger partial charge in [0.05, 0.1) is 6.61 Å². The molecule has 0 aromatic rings. The Bertz CT molecular complexity index is 414. The lowest BCUT2D eigenvalue weighted by molar-refractivity contribution is -0.823. The van der Waals surface area contributed by atoms with Gasteiger partial charge in [-0.15, -0.1) is 0 Å². The van der Waals surface area contributed by atoms with Crippen LogP contribution >= 0.6 is 22.6 Å². The summed E-state index contributed by atoms with van der Waals surface area (Å²) in [6.45, 7) is -0.469. The number of halogens is 1. The second-order valence-corrected chi connectivity index (χ2v) is 5.15. The van der Waals surface area contributed by atoms with E-state index in [1.54, 1.807) is 22.6 Å². The van der Waals surface area contributed by atoms with Crippen molar-refractivity contribution in [2.75, 3.05) is 6.61 Å². The van der Waals surface area contributed by atoms with Crippen LogP contribution in [0.5, 0.6) is 0 Å². The number of rotatable bonds is 2. The minimum atomic E-state index is -1.32. The third-order valence-corrected chi connectivity index (χ3v) is 3.64. The lowest BCUT2D eigenvalue weighted by atomic mass is 10.1. The Balaban J connectivity index is 2.22. The molecule has 0 spiro atoms. The Kier molecular flexibility index (Phi) is 3.99. The number of aliphatic hydroxyl groups excluding tert-OH is 3. The molecule has 2 aliphatic rings. The molecule has 0 saturated carbocycles. The second-order valence-electron chi connectivity index (χ2n) is 3.99. The first-order valence-corrected chi connectivity index (χ1v) is 6.25. The fourth-order valence-electron chi connectivity index (χ4n) is 1.87. The predicted molar refractivity (Wildman–Crippen MR) is 64.4 cm³/mol. The number of amides is 3. The molecule has 5 atom stereocenters. The number of aliphatic hydroxyl groups is 3. The molecule has 0 radical (unpaired) electrons. The van der Waals surface area contributed by atoms with E-state index in [4.69, 9.17) is 9.84 Å². The highest BCUT2D eigenvalue weighted by Crippen LogP contribution is 2.18. The van der Waals surface area contributed by atoms with Crippen molar-refractivity contribution in [3.63, 3.8) is 0 Å². The first-order valence-electron chi connectivity index (χ1n) is 5.18. The summed E-state index contributed by atoms with van der Waals surface area (Å²) in [5.41, 5.74) is 0. The number of hydrogen-bond acceptors (Lipinski definition) is 6. The van der Waals surface area contributed by atoms with Gasteiger partial charge >= 0.3 is 6.03 Å². The molecule has 3 amide bonds. The van der Waals surface area contributed by atoms with Crippen LogP contribution < -0.4 is 10.2 Å². The van der Waals surface area contributed by atoms with Crippen LogP contribution in [0.15, 0.2) is 9.78 Å². The van der Waals surface area contributed by atoms with Gasteiger partial charge < -0.3 is 20.1 Å². The minimum absolute atomic E-state index is 0.0569. The Morgan fingerprint density at radius 3 is 2.61 bits per heavy atom. The Morgan fingerprint density at radius 2 is 2.06 bits per heavy atom. The molecule has 2 aliphatic heterocycles. The van der Waals surface area contributed by atoms with E-state index in [-0.39, 0.29) is 8.48 Å². The molecular weight excluding hydrogens is 359 g/mol. The van der Waals surface area contributed by atoms with Crippen molar-refractivity contribution < 1.29 is 34.5 Å². The van der Waals surface area contributed by atoms with Gasteiger partial charge in [-0.3, -0.25) is 4.79 Å². The molecule has 0 aromatic carbocycles. The Hall–Kier alpha value is -0.590. The van der Waals surface area contributed by atoms with Gasteiger partial charge in [0.25, 0.3) is 5.91 Å². The van der Waals surface area contributed by atoms with Crippen LogP contribution in [-0.4, -0.2) is 58.4 Å². The van der Waals surface area contributed by atoms with E-state index in [1.165, 1.54) is 6.20 Å². The van der Waals surface area contributed by atoms with Crippen LogP contribution in [0.25, 0.3) is 0 Å². The van der Waals surface area contributed by atoms with E-state index in [2.05, 4.69) is 5.32 Å². The molecule has 2 heterocycles.